The van der Waals surface area contributed by atoms with Gasteiger partial charge in [-0.25, -0.2) is 0 Å². The molecule has 1 fully saturated rings. The van der Waals surface area contributed by atoms with E-state index in [-0.39, 0.29) is 0 Å². The SMILES string of the molecule is CCCC1(CCN)CCNCC1. The molecule has 0 amide bonds. The van der Waals surface area contributed by atoms with Gasteiger partial charge in [0.25, 0.3) is 0 Å². The second kappa shape index (κ2) is 4.83. The Morgan fingerprint density at radius 1 is 1.25 bits per heavy atom. The summed E-state index contributed by atoms with van der Waals surface area (Å²) in [5, 5.41) is 3.42. The number of piperidine rings is 1. The number of nitrogens with one attached hydrogen (secondary N) is 1. The van der Waals surface area contributed by atoms with Crippen LogP contribution in [0, 0.1) is 5.41 Å². The van der Waals surface area contributed by atoms with Crippen molar-refractivity contribution >= 4 is 0 Å². The molecule has 12 heavy (non-hydrogen) atoms. The quantitative estimate of drug-likeness (QED) is 0.671. The number of hydrogen-bond donors (Lipinski definition) is 2. The molecule has 1 aliphatic rings. The molecule has 0 unspecified atom stereocenters. The summed E-state index contributed by atoms with van der Waals surface area (Å²) in [6.07, 6.45) is 6.56. The minimum Gasteiger partial charge on any atom is -0.330 e. The third-order valence-corrected chi connectivity index (χ3v) is 3.12. The van der Waals surface area contributed by atoms with Crippen LogP contribution in [0.3, 0.4) is 0 Å². The van der Waals surface area contributed by atoms with Gasteiger partial charge in [-0.05, 0) is 50.7 Å². The van der Waals surface area contributed by atoms with Crippen LogP contribution >= 0.6 is 0 Å². The van der Waals surface area contributed by atoms with Gasteiger partial charge >= 0.3 is 0 Å². The summed E-state index contributed by atoms with van der Waals surface area (Å²) < 4.78 is 0. The molecule has 0 aliphatic carbocycles. The lowest BCUT2D eigenvalue weighted by molar-refractivity contribution is 0.170. The van der Waals surface area contributed by atoms with E-state index in [1.807, 2.05) is 0 Å². The molecule has 3 N–H and O–H groups in total. The molecule has 1 heterocycles. The van der Waals surface area contributed by atoms with E-state index in [9.17, 15) is 0 Å². The van der Waals surface area contributed by atoms with Crippen molar-refractivity contribution in [1.29, 1.82) is 0 Å². The van der Waals surface area contributed by atoms with Gasteiger partial charge in [0.15, 0.2) is 0 Å². The topological polar surface area (TPSA) is 38.0 Å². The fourth-order valence-electron chi connectivity index (χ4n) is 2.42. The largest absolute Gasteiger partial charge is 0.330 e. The molecule has 0 radical (unpaired) electrons. The van der Waals surface area contributed by atoms with Gasteiger partial charge in [0, 0.05) is 0 Å². The Morgan fingerprint density at radius 3 is 2.42 bits per heavy atom. The first-order valence-corrected chi connectivity index (χ1v) is 5.24. The predicted octanol–water partition coefficient (Wildman–Crippen LogP) is 1.51. The zero-order chi connectivity index (χ0) is 8.86. The number of rotatable bonds is 4. The minimum atomic E-state index is 0.592. The molecule has 2 heteroatoms. The van der Waals surface area contributed by atoms with E-state index in [1.54, 1.807) is 0 Å². The van der Waals surface area contributed by atoms with Crippen molar-refractivity contribution in [2.45, 2.75) is 39.0 Å². The monoisotopic (exact) mass is 170 g/mol. The summed E-state index contributed by atoms with van der Waals surface area (Å²) >= 11 is 0. The van der Waals surface area contributed by atoms with Crippen molar-refractivity contribution < 1.29 is 0 Å². The zero-order valence-corrected chi connectivity index (χ0v) is 8.23. The van der Waals surface area contributed by atoms with Crippen molar-refractivity contribution in [3.05, 3.63) is 0 Å². The molecule has 1 rings (SSSR count). The van der Waals surface area contributed by atoms with Crippen LogP contribution in [0.25, 0.3) is 0 Å². The summed E-state index contributed by atoms with van der Waals surface area (Å²) in [6, 6.07) is 0. The number of hydrogen-bond acceptors (Lipinski definition) is 2. The maximum absolute atomic E-state index is 5.65. The highest BCUT2D eigenvalue weighted by atomic mass is 14.9. The van der Waals surface area contributed by atoms with Gasteiger partial charge < -0.3 is 11.1 Å². The van der Waals surface area contributed by atoms with E-state index < -0.39 is 0 Å². The van der Waals surface area contributed by atoms with E-state index in [1.165, 1.54) is 45.2 Å². The molecule has 0 atom stereocenters. The molecule has 0 bridgehead atoms. The smallest absolute Gasteiger partial charge is 0.00436 e. The molecule has 1 aliphatic heterocycles. The Labute approximate surface area is 75.9 Å². The van der Waals surface area contributed by atoms with Gasteiger partial charge in [0.05, 0.1) is 0 Å². The molecule has 0 aromatic rings. The highest BCUT2D eigenvalue weighted by Crippen LogP contribution is 2.36. The van der Waals surface area contributed by atoms with Crippen LogP contribution in [0.4, 0.5) is 0 Å². The van der Waals surface area contributed by atoms with Crippen molar-refractivity contribution in [2.75, 3.05) is 19.6 Å². The second-order valence-electron chi connectivity index (χ2n) is 4.04. The van der Waals surface area contributed by atoms with Gasteiger partial charge in [-0.1, -0.05) is 13.3 Å². The van der Waals surface area contributed by atoms with Crippen LogP contribution in [0.1, 0.15) is 39.0 Å². The normalized spacial score (nSPS) is 22.5. The lowest BCUT2D eigenvalue weighted by atomic mass is 9.73. The lowest BCUT2D eigenvalue weighted by Crippen LogP contribution is -2.37. The van der Waals surface area contributed by atoms with Crippen molar-refractivity contribution in [1.82, 2.24) is 5.32 Å². The van der Waals surface area contributed by atoms with Crippen LogP contribution in [0.15, 0.2) is 0 Å². The maximum atomic E-state index is 5.65. The van der Waals surface area contributed by atoms with E-state index in [2.05, 4.69) is 12.2 Å². The first kappa shape index (κ1) is 10.0. The Balaban J connectivity index is 2.44. The molecular weight excluding hydrogens is 148 g/mol. The lowest BCUT2D eigenvalue weighted by Gasteiger charge is -2.37. The molecule has 72 valence electrons. The fraction of sp³-hybridized carbons (Fsp3) is 1.00. The maximum Gasteiger partial charge on any atom is -0.00436 e. The van der Waals surface area contributed by atoms with Crippen LogP contribution < -0.4 is 11.1 Å². The van der Waals surface area contributed by atoms with Gasteiger partial charge in [0.1, 0.15) is 0 Å². The van der Waals surface area contributed by atoms with Crippen molar-refractivity contribution in [2.24, 2.45) is 11.1 Å². The van der Waals surface area contributed by atoms with E-state index >= 15 is 0 Å². The molecular formula is C10H22N2. The van der Waals surface area contributed by atoms with Crippen LogP contribution in [-0.4, -0.2) is 19.6 Å². The highest BCUT2D eigenvalue weighted by molar-refractivity contribution is 4.84. The average molecular weight is 170 g/mol. The summed E-state index contributed by atoms with van der Waals surface area (Å²) in [5.41, 5.74) is 6.25. The third-order valence-electron chi connectivity index (χ3n) is 3.12. The number of nitrogens with two attached hydrogens (primary N) is 1. The third kappa shape index (κ3) is 2.46. The molecule has 0 saturated carbocycles. The first-order valence-electron chi connectivity index (χ1n) is 5.24. The summed E-state index contributed by atoms with van der Waals surface area (Å²) in [4.78, 5) is 0. The summed E-state index contributed by atoms with van der Waals surface area (Å²) in [5.74, 6) is 0. The Kier molecular flexibility index (Phi) is 4.02. The standard InChI is InChI=1S/C10H22N2/c1-2-3-10(4-7-11)5-8-12-9-6-10/h12H,2-9,11H2,1H3. The Hall–Kier alpha value is -0.0800. The van der Waals surface area contributed by atoms with Crippen LogP contribution in [0.2, 0.25) is 0 Å². The summed E-state index contributed by atoms with van der Waals surface area (Å²) in [6.45, 7) is 5.53. The molecule has 0 aromatic heterocycles. The van der Waals surface area contributed by atoms with Crippen LogP contribution in [-0.2, 0) is 0 Å². The second-order valence-corrected chi connectivity index (χ2v) is 4.04. The minimum absolute atomic E-state index is 0.592. The van der Waals surface area contributed by atoms with Gasteiger partial charge in [-0.2, -0.15) is 0 Å². The van der Waals surface area contributed by atoms with Gasteiger partial charge in [0.2, 0.25) is 0 Å². The molecule has 1 saturated heterocycles. The predicted molar refractivity (Wildman–Crippen MR) is 53.1 cm³/mol. The van der Waals surface area contributed by atoms with E-state index in [0.29, 0.717) is 5.41 Å². The van der Waals surface area contributed by atoms with Crippen molar-refractivity contribution in [3.63, 3.8) is 0 Å². The Morgan fingerprint density at radius 2 is 1.92 bits per heavy atom. The summed E-state index contributed by atoms with van der Waals surface area (Å²) in [7, 11) is 0. The van der Waals surface area contributed by atoms with Gasteiger partial charge in [-0.3, -0.25) is 0 Å². The van der Waals surface area contributed by atoms with Gasteiger partial charge in [-0.15, -0.1) is 0 Å². The first-order chi connectivity index (χ1) is 5.83. The fourth-order valence-corrected chi connectivity index (χ4v) is 2.42. The van der Waals surface area contributed by atoms with Crippen molar-refractivity contribution in [3.8, 4) is 0 Å². The Bertz CT molecular complexity index is 101. The van der Waals surface area contributed by atoms with E-state index in [4.69, 9.17) is 5.73 Å². The highest BCUT2D eigenvalue weighted by Gasteiger charge is 2.29. The molecule has 0 spiro atoms. The van der Waals surface area contributed by atoms with E-state index in [0.717, 1.165) is 6.54 Å². The molecule has 2 nitrogen and oxygen atoms in total. The molecule has 0 aromatic carbocycles. The zero-order valence-electron chi connectivity index (χ0n) is 8.23. The average Bonchev–Trinajstić information content (AvgIpc) is 2.07. The van der Waals surface area contributed by atoms with Crippen LogP contribution in [0.5, 0.6) is 0 Å².